The number of thiazole rings is 1. The van der Waals surface area contributed by atoms with Crippen LogP contribution in [-0.2, 0) is 4.74 Å². The number of amides is 1. The molecule has 0 spiro atoms. The third-order valence-electron chi connectivity index (χ3n) is 2.87. The van der Waals surface area contributed by atoms with Gasteiger partial charge < -0.3 is 15.0 Å². The molecule has 2 aromatic rings. The van der Waals surface area contributed by atoms with Gasteiger partial charge in [-0.15, -0.1) is 0 Å². The Balaban J connectivity index is 1.81. The molecule has 0 saturated carbocycles. The number of ether oxygens (including phenoxy) is 1. The molecule has 126 valence electrons. The Hall–Kier alpha value is -2.52. The third-order valence-corrected chi connectivity index (χ3v) is 3.54. The first kappa shape index (κ1) is 17.8. The second-order valence-corrected chi connectivity index (χ2v) is 6.96. The minimum atomic E-state index is -0.496. The smallest absolute Gasteiger partial charge is 0.407 e. The van der Waals surface area contributed by atoms with E-state index in [-0.39, 0.29) is 4.87 Å². The maximum absolute atomic E-state index is 11.5. The average molecular weight is 344 g/mol. The van der Waals surface area contributed by atoms with Crippen molar-refractivity contribution in [3.05, 3.63) is 44.9 Å². The van der Waals surface area contributed by atoms with E-state index in [1.54, 1.807) is 5.38 Å². The van der Waals surface area contributed by atoms with Gasteiger partial charge in [0.15, 0.2) is 0 Å². The highest BCUT2D eigenvalue weighted by atomic mass is 32.1. The number of aromatic nitrogens is 1. The lowest BCUT2D eigenvalue weighted by Crippen LogP contribution is -2.32. The number of carbonyl (C=O) groups excluding carboxylic acids is 1. The number of hydrogen-bond acceptors (Lipinski definition) is 4. The zero-order chi connectivity index (χ0) is 17.6. The van der Waals surface area contributed by atoms with Crippen LogP contribution in [0.1, 0.15) is 32.8 Å². The zero-order valence-electron chi connectivity index (χ0n) is 13.9. The van der Waals surface area contributed by atoms with Crippen LogP contribution in [0.4, 0.5) is 4.79 Å². The van der Waals surface area contributed by atoms with E-state index < -0.39 is 11.7 Å². The number of H-pyrrole nitrogens is 1. The van der Waals surface area contributed by atoms with Gasteiger partial charge in [-0.05, 0) is 38.5 Å². The molecule has 2 N–H and O–H groups in total. The molecule has 0 aliphatic heterocycles. The molecule has 1 aromatic carbocycles. The van der Waals surface area contributed by atoms with Gasteiger partial charge in [0, 0.05) is 23.9 Å². The fourth-order valence-corrected chi connectivity index (χ4v) is 2.45. The van der Waals surface area contributed by atoms with Gasteiger partial charge in [0.1, 0.15) is 5.60 Å². The topological polar surface area (TPSA) is 71.2 Å². The molecule has 1 heterocycles. The van der Waals surface area contributed by atoms with Gasteiger partial charge in [-0.3, -0.25) is 4.79 Å². The monoisotopic (exact) mass is 344 g/mol. The van der Waals surface area contributed by atoms with Crippen molar-refractivity contribution in [3.8, 4) is 23.1 Å². The van der Waals surface area contributed by atoms with Crippen molar-refractivity contribution in [2.24, 2.45) is 0 Å². The van der Waals surface area contributed by atoms with E-state index in [2.05, 4.69) is 22.1 Å². The Kier molecular flexibility index (Phi) is 5.83. The maximum atomic E-state index is 11.5. The highest BCUT2D eigenvalue weighted by Crippen LogP contribution is 2.17. The lowest BCUT2D eigenvalue weighted by atomic mass is 10.1. The Morgan fingerprint density at radius 1 is 1.29 bits per heavy atom. The first-order valence-corrected chi connectivity index (χ1v) is 8.45. The van der Waals surface area contributed by atoms with Gasteiger partial charge in [-0.1, -0.05) is 35.3 Å². The van der Waals surface area contributed by atoms with Crippen LogP contribution in [0.15, 0.2) is 34.4 Å². The standard InChI is InChI=1S/C18H20N2O3S/c1-18(2,3)23-16(21)19-11-5-4-6-13-7-9-14(10-8-13)15-12-24-17(22)20-15/h7-10,12H,5,11H2,1-3H3,(H,19,21)(H,20,22). The Morgan fingerprint density at radius 3 is 2.58 bits per heavy atom. The molecule has 24 heavy (non-hydrogen) atoms. The van der Waals surface area contributed by atoms with Crippen molar-refractivity contribution >= 4 is 17.4 Å². The molecule has 0 aliphatic carbocycles. The van der Waals surface area contributed by atoms with Crippen molar-refractivity contribution < 1.29 is 9.53 Å². The normalized spacial score (nSPS) is 10.6. The number of rotatable bonds is 3. The molecule has 2 rings (SSSR count). The SMILES string of the molecule is CC(C)(C)OC(=O)NCCC#Cc1ccc(-c2csc(=O)[nH]2)cc1. The van der Waals surface area contributed by atoms with Gasteiger partial charge in [-0.2, -0.15) is 0 Å². The van der Waals surface area contributed by atoms with E-state index in [9.17, 15) is 9.59 Å². The van der Waals surface area contributed by atoms with E-state index in [1.165, 1.54) is 0 Å². The van der Waals surface area contributed by atoms with E-state index in [4.69, 9.17) is 4.74 Å². The lowest BCUT2D eigenvalue weighted by Gasteiger charge is -2.19. The van der Waals surface area contributed by atoms with Crippen molar-refractivity contribution in [1.29, 1.82) is 0 Å². The van der Waals surface area contributed by atoms with Crippen LogP contribution in [0.25, 0.3) is 11.3 Å². The number of hydrogen-bond donors (Lipinski definition) is 2. The molecular weight excluding hydrogens is 324 g/mol. The zero-order valence-corrected chi connectivity index (χ0v) is 14.8. The summed E-state index contributed by atoms with van der Waals surface area (Å²) >= 11 is 1.14. The molecule has 1 aromatic heterocycles. The first-order valence-electron chi connectivity index (χ1n) is 7.57. The van der Waals surface area contributed by atoms with Gasteiger partial charge in [0.2, 0.25) is 0 Å². The number of aromatic amines is 1. The largest absolute Gasteiger partial charge is 0.444 e. The van der Waals surface area contributed by atoms with Crippen LogP contribution >= 0.6 is 11.3 Å². The van der Waals surface area contributed by atoms with Crippen LogP contribution < -0.4 is 10.2 Å². The number of alkyl carbamates (subject to hydrolysis) is 1. The Labute approximate surface area is 145 Å². The summed E-state index contributed by atoms with van der Waals surface area (Å²) in [5.41, 5.74) is 2.15. The highest BCUT2D eigenvalue weighted by molar-refractivity contribution is 7.07. The molecule has 1 amide bonds. The van der Waals surface area contributed by atoms with Crippen molar-refractivity contribution in [2.45, 2.75) is 32.8 Å². The summed E-state index contributed by atoms with van der Waals surface area (Å²) in [5.74, 6) is 6.05. The average Bonchev–Trinajstić information content (AvgIpc) is 2.92. The number of nitrogens with one attached hydrogen (secondary N) is 2. The van der Waals surface area contributed by atoms with E-state index in [0.717, 1.165) is 28.2 Å². The van der Waals surface area contributed by atoms with Crippen LogP contribution in [0.3, 0.4) is 0 Å². The summed E-state index contributed by atoms with van der Waals surface area (Å²) in [6, 6.07) is 7.64. The molecule has 0 saturated heterocycles. The van der Waals surface area contributed by atoms with E-state index >= 15 is 0 Å². The molecule has 5 nitrogen and oxygen atoms in total. The summed E-state index contributed by atoms with van der Waals surface area (Å²) < 4.78 is 5.14. The van der Waals surface area contributed by atoms with Gasteiger partial charge >= 0.3 is 11.0 Å². The Morgan fingerprint density at radius 2 is 2.00 bits per heavy atom. The molecule has 0 unspecified atom stereocenters. The second-order valence-electron chi connectivity index (χ2n) is 6.12. The van der Waals surface area contributed by atoms with E-state index in [0.29, 0.717) is 13.0 Å². The fraction of sp³-hybridized carbons (Fsp3) is 0.333. The van der Waals surface area contributed by atoms with Crippen molar-refractivity contribution in [3.63, 3.8) is 0 Å². The predicted molar refractivity (Wildman–Crippen MR) is 96.1 cm³/mol. The molecule has 0 aliphatic rings. The van der Waals surface area contributed by atoms with E-state index in [1.807, 2.05) is 45.0 Å². The molecular formula is C18H20N2O3S. The maximum Gasteiger partial charge on any atom is 0.407 e. The van der Waals surface area contributed by atoms with Crippen LogP contribution in [-0.4, -0.2) is 23.2 Å². The van der Waals surface area contributed by atoms with Crippen LogP contribution in [0.5, 0.6) is 0 Å². The summed E-state index contributed by atoms with van der Waals surface area (Å²) in [5, 5.41) is 4.46. The summed E-state index contributed by atoms with van der Waals surface area (Å²) in [6.45, 7) is 5.90. The van der Waals surface area contributed by atoms with Crippen LogP contribution in [0.2, 0.25) is 0 Å². The Bertz CT molecular complexity index is 802. The molecule has 0 bridgehead atoms. The summed E-state index contributed by atoms with van der Waals surface area (Å²) in [7, 11) is 0. The quantitative estimate of drug-likeness (QED) is 0.662. The second kappa shape index (κ2) is 7.84. The molecule has 0 radical (unpaired) electrons. The van der Waals surface area contributed by atoms with Gasteiger partial charge in [0.05, 0.1) is 5.69 Å². The minimum Gasteiger partial charge on any atom is -0.444 e. The minimum absolute atomic E-state index is 0.0636. The third kappa shape index (κ3) is 5.94. The van der Waals surface area contributed by atoms with Gasteiger partial charge in [0.25, 0.3) is 0 Å². The van der Waals surface area contributed by atoms with Crippen molar-refractivity contribution in [2.75, 3.05) is 6.54 Å². The molecule has 6 heteroatoms. The molecule has 0 fully saturated rings. The molecule has 0 atom stereocenters. The number of benzene rings is 1. The summed E-state index contributed by atoms with van der Waals surface area (Å²) in [4.78, 5) is 25.3. The highest BCUT2D eigenvalue weighted by Gasteiger charge is 2.15. The fourth-order valence-electron chi connectivity index (χ4n) is 1.86. The lowest BCUT2D eigenvalue weighted by molar-refractivity contribution is 0.0529. The number of carbonyl (C=O) groups is 1. The van der Waals surface area contributed by atoms with Gasteiger partial charge in [-0.25, -0.2) is 4.79 Å². The first-order chi connectivity index (χ1) is 11.3. The summed E-state index contributed by atoms with van der Waals surface area (Å²) in [6.07, 6.45) is 0.108. The van der Waals surface area contributed by atoms with Crippen molar-refractivity contribution in [1.82, 2.24) is 10.3 Å². The predicted octanol–water partition coefficient (Wildman–Crippen LogP) is 3.37. The van der Waals surface area contributed by atoms with Crippen LogP contribution in [0, 0.1) is 11.8 Å².